The number of carbonyl (C=O) groups is 3. The van der Waals surface area contributed by atoms with Crippen molar-refractivity contribution in [1.29, 1.82) is 0 Å². The molecule has 0 saturated heterocycles. The predicted molar refractivity (Wildman–Crippen MR) is 377 cm³/mol. The molecule has 0 unspecified atom stereocenters. The van der Waals surface area contributed by atoms with E-state index < -0.39 is 29.0 Å². The molecule has 0 aliphatic carbocycles. The molecule has 5 N–H and O–H groups in total. The van der Waals surface area contributed by atoms with Crippen molar-refractivity contribution in [3.63, 3.8) is 0 Å². The zero-order valence-corrected chi connectivity index (χ0v) is 59.8. The van der Waals surface area contributed by atoms with Crippen molar-refractivity contribution >= 4 is 171 Å². The molecule has 3 heterocycles. The van der Waals surface area contributed by atoms with Crippen molar-refractivity contribution in [2.24, 2.45) is 21.1 Å². The summed E-state index contributed by atoms with van der Waals surface area (Å²) in [6.07, 6.45) is 4.32. The van der Waals surface area contributed by atoms with E-state index in [-0.39, 0.29) is 24.1 Å². The first-order valence-corrected chi connectivity index (χ1v) is 33.0. The number of nitrogens with zero attached hydrogens (tertiary/aromatic N) is 6. The van der Waals surface area contributed by atoms with Gasteiger partial charge < -0.3 is 53.5 Å². The number of nitrogens with one attached hydrogen (secondary N) is 2. The minimum atomic E-state index is -1.02. The van der Waals surface area contributed by atoms with Crippen LogP contribution in [0.3, 0.4) is 0 Å². The molecule has 0 bridgehead atoms. The third-order valence-corrected chi connectivity index (χ3v) is 11.9. The van der Waals surface area contributed by atoms with Gasteiger partial charge in [-0.05, 0) is 47.2 Å². The van der Waals surface area contributed by atoms with Crippen molar-refractivity contribution in [2.45, 2.75) is 24.9 Å². The first kappa shape index (κ1) is 72.0. The van der Waals surface area contributed by atoms with Gasteiger partial charge in [0.2, 0.25) is 0 Å². The van der Waals surface area contributed by atoms with Gasteiger partial charge >= 0.3 is 17.9 Å². The summed E-state index contributed by atoms with van der Waals surface area (Å²) in [4.78, 5) is 38.8. The van der Waals surface area contributed by atoms with Crippen LogP contribution in [0.4, 0.5) is 17.5 Å². The third kappa shape index (κ3) is 19.6. The Balaban J connectivity index is 0.000000319. The second-order valence-electron chi connectivity index (χ2n) is 16.7. The molecule has 22 heteroatoms. The van der Waals surface area contributed by atoms with Crippen molar-refractivity contribution in [3.8, 4) is 0 Å². The van der Waals surface area contributed by atoms with Crippen molar-refractivity contribution < 1.29 is 47.5 Å². The van der Waals surface area contributed by atoms with Crippen LogP contribution in [0.25, 0.3) is 0 Å². The van der Waals surface area contributed by atoms with Crippen LogP contribution in [0.1, 0.15) is 78.3 Å². The molecular formula is C60H62I6N9O6V-. The number of hydrogen-bond donors (Lipinski definition) is 4. The summed E-state index contributed by atoms with van der Waals surface area (Å²) in [5.74, 6) is -0.495. The average Bonchev–Trinajstić information content (AvgIpc) is 4.30. The number of nitrogens with two attached hydrogens (primary N) is 1. The number of nitrogen functional groups attached to an aromatic ring is 1. The number of aryl methyl sites for hydroxylation is 3. The number of esters is 2. The third-order valence-electron chi connectivity index (χ3n) is 11.9. The molecule has 15 nitrogen and oxygen atoms in total. The molecule has 0 saturated carbocycles. The summed E-state index contributed by atoms with van der Waals surface area (Å²) < 4.78 is 16.6. The zero-order valence-electron chi connectivity index (χ0n) is 45.4. The second kappa shape index (κ2) is 37.9. The smallest absolute Gasteiger partial charge is 0.343 e. The fourth-order valence-corrected chi connectivity index (χ4v) is 8.42. The number of aromatic carboxylic acids is 1. The number of benzene rings is 6. The van der Waals surface area contributed by atoms with Crippen molar-refractivity contribution in [3.05, 3.63) is 256 Å². The van der Waals surface area contributed by atoms with E-state index in [1.165, 1.54) is 19.5 Å². The molecule has 0 amide bonds. The number of ether oxygens (including phenoxy) is 2. The summed E-state index contributed by atoms with van der Waals surface area (Å²) in [6, 6.07) is 60.8. The van der Waals surface area contributed by atoms with Gasteiger partial charge in [0.25, 0.3) is 0 Å². The summed E-state index contributed by atoms with van der Waals surface area (Å²) in [5, 5.41) is 29.3. The van der Waals surface area contributed by atoms with Crippen molar-refractivity contribution in [2.75, 3.05) is 32.0 Å². The topological polar surface area (TPSA) is 193 Å². The molecule has 9 aromatic rings. The van der Waals surface area contributed by atoms with Crippen LogP contribution >= 0.6 is 136 Å². The van der Waals surface area contributed by atoms with Gasteiger partial charge in [0, 0.05) is 39.7 Å². The van der Waals surface area contributed by atoms with Gasteiger partial charge in [-0.15, -0.1) is 0 Å². The van der Waals surface area contributed by atoms with Gasteiger partial charge in [0.1, 0.15) is 45.2 Å². The fourth-order valence-electron chi connectivity index (χ4n) is 8.42. The quantitative estimate of drug-likeness (QED) is 0.0250. The number of hydrogen-bond acceptors (Lipinski definition) is 11. The Morgan fingerprint density at radius 2 is 0.744 bits per heavy atom. The molecule has 0 atom stereocenters. The number of alkyl halides is 5. The fraction of sp³-hybridized carbons (Fsp3) is 0.183. The summed E-state index contributed by atoms with van der Waals surface area (Å²) in [6.45, 7) is 4.18. The van der Waals surface area contributed by atoms with Gasteiger partial charge in [-0.25, -0.2) is 14.4 Å². The molecule has 0 fully saturated rings. The van der Waals surface area contributed by atoms with E-state index in [1.807, 2.05) is 175 Å². The number of carboxylic acid groups (broad SMARTS) is 1. The first-order valence-electron chi connectivity index (χ1n) is 24.7. The Bertz CT molecular complexity index is 3080. The molecule has 1 radical (unpaired) electrons. The second-order valence-corrected chi connectivity index (χ2v) is 32.0. The molecule has 9 rings (SSSR count). The van der Waals surface area contributed by atoms with Crippen LogP contribution in [0.2, 0.25) is 0 Å². The van der Waals surface area contributed by atoms with Crippen molar-refractivity contribution in [1.82, 2.24) is 29.3 Å². The number of halogens is 6. The van der Waals surface area contributed by atoms with Gasteiger partial charge in [0.15, 0.2) is 0 Å². The monoisotopic (exact) mass is 1820 g/mol. The molecule has 0 aliphatic heterocycles. The Morgan fingerprint density at radius 1 is 0.512 bits per heavy atom. The normalized spacial score (nSPS) is 10.4. The number of anilines is 3. The van der Waals surface area contributed by atoms with Gasteiger partial charge in [-0.1, -0.05) is 295 Å². The average molecular weight is 1820 g/mol. The van der Waals surface area contributed by atoms with E-state index in [2.05, 4.69) is 180 Å². The molecule has 431 valence electrons. The minimum Gasteiger partial charge on any atom is -0.477 e. The first-order chi connectivity index (χ1) is 39.1. The summed E-state index contributed by atoms with van der Waals surface area (Å²) in [5.41, 5.74) is 10.9. The Morgan fingerprint density at radius 3 is 0.988 bits per heavy atom. The van der Waals surface area contributed by atoms with Gasteiger partial charge in [0.05, 0.1) is 34.2 Å². The maximum Gasteiger partial charge on any atom is 0.343 e. The van der Waals surface area contributed by atoms with Crippen LogP contribution in [-0.2, 0) is 60.3 Å². The Labute approximate surface area is 574 Å². The molecule has 3 aromatic heterocycles. The zero-order chi connectivity index (χ0) is 59.4. The maximum absolute atomic E-state index is 12.7. The molecular weight excluding hydrogens is 1760 g/mol. The van der Waals surface area contributed by atoms with Gasteiger partial charge in [-0.3, -0.25) is 19.0 Å². The summed E-state index contributed by atoms with van der Waals surface area (Å²) >= 11 is 13.4. The van der Waals surface area contributed by atoms with Crippen LogP contribution in [0.5, 0.6) is 0 Å². The number of rotatable bonds is 15. The van der Waals surface area contributed by atoms with Crippen LogP contribution in [0, 0.1) is 4.93 Å². The van der Waals surface area contributed by atoms with Crippen LogP contribution in [-0.4, -0.2) is 67.9 Å². The van der Waals surface area contributed by atoms with E-state index in [0.717, 1.165) is 33.3 Å². The standard InChI is InChI=1S/C26H25N3O2.C24H21N3O2.C7H11N3O2.CHI3.CH2I2.CH2I.V/c1-3-31-25(30)23-19-27-29(2)24(23)28-26(20-13-7-4-8-14-20,21-15-9-5-10-16-21)22-17-11-6-12-18-22;1-27-22(21(17-25-27)23(28)29)26-24(18-11-5-2-6-12-18,19-13-7-3-8-14-19)20-15-9-4-10-16-20;1-3-12-7(11)5-4-9-10(2)6(5)8;2-1(3)4;2-1-3;1-2;/h4-19,28H,3H2,1-2H3;2-17,26H,1H3,(H,28,29);4H,3,8H2,1-2H3;1H;1H2;1H2;/q;;;;;-1;. The van der Waals surface area contributed by atoms with E-state index in [0.29, 0.717) is 41.8 Å². The SMILES string of the molecule is CCOC(=O)c1cnn(C)c1N.CCOC(=O)c1cnn(C)c1NC(c1ccccc1)(c1ccccc1)c1ccccc1.Cn1ncc(C(=O)O)c1NC(c1ccccc1)(c1ccccc1)c1ccccc1.IC(I)I.ICI.[CH2-]I.[V]. The maximum atomic E-state index is 12.7. The molecule has 82 heavy (non-hydrogen) atoms. The summed E-state index contributed by atoms with van der Waals surface area (Å²) in [7, 11) is 5.22. The van der Waals surface area contributed by atoms with Gasteiger partial charge in [-0.2, -0.15) is 15.3 Å². The number of carbonyl (C=O) groups excluding carboxylic acids is 2. The Kier molecular flexibility index (Phi) is 33.3. The van der Waals surface area contributed by atoms with Crippen LogP contribution in [0.15, 0.2) is 201 Å². The number of carboxylic acids is 1. The largest absolute Gasteiger partial charge is 0.477 e. The Hall–Kier alpha value is -4.28. The van der Waals surface area contributed by atoms with E-state index in [4.69, 9.17) is 15.2 Å². The molecule has 0 spiro atoms. The predicted octanol–water partition coefficient (Wildman–Crippen LogP) is 15.3. The van der Waals surface area contributed by atoms with E-state index in [1.54, 1.807) is 43.5 Å². The molecule has 0 aliphatic rings. The van der Waals surface area contributed by atoms with Crippen LogP contribution < -0.4 is 16.4 Å². The van der Waals surface area contributed by atoms with E-state index >= 15 is 0 Å². The van der Waals surface area contributed by atoms with E-state index in [9.17, 15) is 19.5 Å². The molecule has 6 aromatic carbocycles. The number of aromatic nitrogens is 6. The minimum absolute atomic E-state index is 0.